The number of anilines is 3. The smallest absolute Gasteiger partial charge is 0.360 e. The lowest BCUT2D eigenvalue weighted by molar-refractivity contribution is -0.137. The van der Waals surface area contributed by atoms with Crippen LogP contribution in [-0.2, 0) is 6.18 Å². The molecule has 0 spiro atoms. The minimum absolute atomic E-state index is 0.0396. The van der Waals surface area contributed by atoms with E-state index < -0.39 is 22.7 Å². The van der Waals surface area contributed by atoms with Crippen LogP contribution < -0.4 is 10.6 Å². The highest BCUT2D eigenvalue weighted by Crippen LogP contribution is 2.36. The second-order valence-corrected chi connectivity index (χ2v) is 5.96. The third-order valence-electron chi connectivity index (χ3n) is 3.43. The van der Waals surface area contributed by atoms with E-state index in [2.05, 4.69) is 20.8 Å². The number of alkyl halides is 3. The maximum Gasteiger partial charge on any atom is 0.417 e. The summed E-state index contributed by atoms with van der Waals surface area (Å²) in [5, 5.41) is 8.61. The predicted molar refractivity (Wildman–Crippen MR) is 93.2 cm³/mol. The number of aromatic nitrogens is 2. The number of nitrogens with one attached hydrogen (secondary N) is 2. The Morgan fingerprint density at radius 1 is 1.15 bits per heavy atom. The fourth-order valence-corrected chi connectivity index (χ4v) is 2.45. The topological polar surface area (TPSA) is 80.0 Å². The number of pyridine rings is 1. The first kappa shape index (κ1) is 18.7. The highest BCUT2D eigenvalue weighted by molar-refractivity contribution is 6.31. The van der Waals surface area contributed by atoms with E-state index in [1.165, 1.54) is 24.5 Å². The molecule has 0 atom stereocenters. The van der Waals surface area contributed by atoms with E-state index in [0.717, 1.165) is 12.1 Å². The predicted octanol–water partition coefficient (Wildman–Crippen LogP) is 5.05. The molecule has 2 heterocycles. The van der Waals surface area contributed by atoms with Crippen LogP contribution in [0.4, 0.5) is 30.4 Å². The van der Waals surface area contributed by atoms with Crippen LogP contribution in [0, 0.1) is 6.92 Å². The fraction of sp³-hybridized carbons (Fsp3) is 0.118. The molecule has 0 aliphatic carbocycles. The number of halogens is 4. The van der Waals surface area contributed by atoms with Crippen LogP contribution in [0.25, 0.3) is 0 Å². The van der Waals surface area contributed by atoms with Crippen molar-refractivity contribution in [3.63, 3.8) is 0 Å². The Balaban J connectivity index is 1.78. The first-order chi connectivity index (χ1) is 12.7. The fourth-order valence-electron chi connectivity index (χ4n) is 2.23. The third-order valence-corrected chi connectivity index (χ3v) is 3.76. The van der Waals surface area contributed by atoms with Crippen molar-refractivity contribution in [1.29, 1.82) is 0 Å². The zero-order chi connectivity index (χ0) is 19.6. The molecule has 140 valence electrons. The molecule has 1 amide bonds. The Kier molecular flexibility index (Phi) is 5.04. The maximum atomic E-state index is 12.9. The van der Waals surface area contributed by atoms with E-state index in [1.807, 2.05) is 0 Å². The van der Waals surface area contributed by atoms with Crippen molar-refractivity contribution in [3.05, 3.63) is 64.6 Å². The number of carbonyl (C=O) groups is 1. The molecule has 0 saturated carbocycles. The summed E-state index contributed by atoms with van der Waals surface area (Å²) in [6.45, 7) is 1.72. The normalized spacial score (nSPS) is 11.3. The lowest BCUT2D eigenvalue weighted by Gasteiger charge is -2.12. The Labute approximate surface area is 156 Å². The number of hydrogen-bond acceptors (Lipinski definition) is 5. The Hall–Kier alpha value is -3.07. The largest absolute Gasteiger partial charge is 0.417 e. The van der Waals surface area contributed by atoms with Crippen LogP contribution in [0.1, 0.15) is 21.7 Å². The first-order valence-corrected chi connectivity index (χ1v) is 7.93. The van der Waals surface area contributed by atoms with Gasteiger partial charge in [-0.1, -0.05) is 16.8 Å². The van der Waals surface area contributed by atoms with Gasteiger partial charge in [0.1, 0.15) is 5.76 Å². The van der Waals surface area contributed by atoms with E-state index >= 15 is 0 Å². The third kappa shape index (κ3) is 4.56. The van der Waals surface area contributed by atoms with Gasteiger partial charge in [0.2, 0.25) is 0 Å². The monoisotopic (exact) mass is 396 g/mol. The molecule has 0 radical (unpaired) electrons. The summed E-state index contributed by atoms with van der Waals surface area (Å²) in [5.74, 6) is 0.403. The van der Waals surface area contributed by atoms with Crippen molar-refractivity contribution in [2.75, 3.05) is 10.6 Å². The standard InChI is InChI=1S/C17H12ClF3N4O2/c1-9-4-15(25-27-9)23-12-5-10(7-22-8-12)16(26)24-11-2-3-14(18)13(6-11)17(19,20)21/h2-8H,1H3,(H,23,25)(H,24,26). The Morgan fingerprint density at radius 2 is 1.93 bits per heavy atom. The SMILES string of the molecule is Cc1cc(Nc2cncc(C(=O)Nc3ccc(Cl)c(C(F)(F)F)c3)c2)no1. The van der Waals surface area contributed by atoms with Crippen molar-refractivity contribution in [3.8, 4) is 0 Å². The zero-order valence-corrected chi connectivity index (χ0v) is 14.5. The van der Waals surface area contributed by atoms with Gasteiger partial charge in [-0.25, -0.2) is 0 Å². The molecule has 0 fully saturated rings. The van der Waals surface area contributed by atoms with Gasteiger partial charge in [-0.05, 0) is 31.2 Å². The molecule has 0 aliphatic heterocycles. The van der Waals surface area contributed by atoms with Crippen LogP contribution in [0.3, 0.4) is 0 Å². The van der Waals surface area contributed by atoms with Crippen molar-refractivity contribution >= 4 is 34.7 Å². The number of aryl methyl sites for hydroxylation is 1. The minimum Gasteiger partial charge on any atom is -0.360 e. The average Bonchev–Trinajstić information content (AvgIpc) is 3.00. The number of rotatable bonds is 4. The van der Waals surface area contributed by atoms with Crippen molar-refractivity contribution in [2.45, 2.75) is 13.1 Å². The van der Waals surface area contributed by atoms with E-state index in [-0.39, 0.29) is 11.3 Å². The minimum atomic E-state index is -4.63. The maximum absolute atomic E-state index is 12.9. The van der Waals surface area contributed by atoms with Crippen LogP contribution in [0.15, 0.2) is 47.2 Å². The lowest BCUT2D eigenvalue weighted by atomic mass is 10.1. The van der Waals surface area contributed by atoms with Crippen molar-refractivity contribution < 1.29 is 22.5 Å². The van der Waals surface area contributed by atoms with Gasteiger partial charge < -0.3 is 15.2 Å². The van der Waals surface area contributed by atoms with Crippen LogP contribution in [0.2, 0.25) is 5.02 Å². The van der Waals surface area contributed by atoms with E-state index in [4.69, 9.17) is 16.1 Å². The molecule has 1 aromatic carbocycles. The average molecular weight is 397 g/mol. The van der Waals surface area contributed by atoms with Gasteiger partial charge in [-0.3, -0.25) is 9.78 Å². The summed E-state index contributed by atoms with van der Waals surface area (Å²) in [6, 6.07) is 6.26. The van der Waals surface area contributed by atoms with Crippen LogP contribution >= 0.6 is 11.6 Å². The molecular formula is C17H12ClF3N4O2. The van der Waals surface area contributed by atoms with Crippen molar-refractivity contribution in [1.82, 2.24) is 10.1 Å². The van der Waals surface area contributed by atoms with Crippen LogP contribution in [-0.4, -0.2) is 16.0 Å². The second-order valence-electron chi connectivity index (χ2n) is 5.56. The summed E-state index contributed by atoms with van der Waals surface area (Å²) in [6.07, 6.45) is -1.88. The number of hydrogen-bond donors (Lipinski definition) is 2. The van der Waals surface area contributed by atoms with Gasteiger partial charge in [-0.2, -0.15) is 13.2 Å². The van der Waals surface area contributed by atoms with E-state index in [9.17, 15) is 18.0 Å². The molecule has 3 rings (SSSR count). The van der Waals surface area contributed by atoms with Gasteiger partial charge in [0.15, 0.2) is 5.82 Å². The molecule has 2 N–H and O–H groups in total. The molecular weight excluding hydrogens is 385 g/mol. The summed E-state index contributed by atoms with van der Waals surface area (Å²) in [4.78, 5) is 16.3. The molecule has 3 aromatic rings. The van der Waals surface area contributed by atoms with Crippen LogP contribution in [0.5, 0.6) is 0 Å². The zero-order valence-electron chi connectivity index (χ0n) is 13.8. The Morgan fingerprint density at radius 3 is 2.59 bits per heavy atom. The molecule has 27 heavy (non-hydrogen) atoms. The molecule has 0 bridgehead atoms. The summed E-state index contributed by atoms with van der Waals surface area (Å²) in [7, 11) is 0. The van der Waals surface area contributed by atoms with Gasteiger partial charge in [-0.15, -0.1) is 0 Å². The second kappa shape index (κ2) is 7.28. The summed E-state index contributed by atoms with van der Waals surface area (Å²) in [5.41, 5.74) is -0.467. The van der Waals surface area contributed by atoms with Crippen molar-refractivity contribution in [2.24, 2.45) is 0 Å². The molecule has 0 saturated heterocycles. The summed E-state index contributed by atoms with van der Waals surface area (Å²) < 4.78 is 43.7. The van der Waals surface area contributed by atoms with E-state index in [1.54, 1.807) is 13.0 Å². The lowest BCUT2D eigenvalue weighted by Crippen LogP contribution is -2.14. The highest BCUT2D eigenvalue weighted by Gasteiger charge is 2.33. The van der Waals surface area contributed by atoms with Gasteiger partial charge in [0.25, 0.3) is 5.91 Å². The summed E-state index contributed by atoms with van der Waals surface area (Å²) >= 11 is 5.57. The van der Waals surface area contributed by atoms with Gasteiger partial charge >= 0.3 is 6.18 Å². The number of amides is 1. The molecule has 0 unspecified atom stereocenters. The highest BCUT2D eigenvalue weighted by atomic mass is 35.5. The number of nitrogens with zero attached hydrogens (tertiary/aromatic N) is 2. The molecule has 2 aromatic heterocycles. The molecule has 0 aliphatic rings. The number of carbonyl (C=O) groups excluding carboxylic acids is 1. The molecule has 6 nitrogen and oxygen atoms in total. The quantitative estimate of drug-likeness (QED) is 0.645. The first-order valence-electron chi connectivity index (χ1n) is 7.56. The van der Waals surface area contributed by atoms with Gasteiger partial charge in [0.05, 0.1) is 28.0 Å². The Bertz CT molecular complexity index is 988. The van der Waals surface area contributed by atoms with E-state index in [0.29, 0.717) is 17.3 Å². The van der Waals surface area contributed by atoms with Gasteiger partial charge in [0, 0.05) is 18.0 Å². The number of benzene rings is 1. The molecule has 10 heteroatoms.